The Morgan fingerprint density at radius 1 is 1.28 bits per heavy atom. The minimum atomic E-state index is -0.194. The van der Waals surface area contributed by atoms with Crippen LogP contribution in [0.25, 0.3) is 11.4 Å². The number of methoxy groups -OCH3 is 1. The van der Waals surface area contributed by atoms with Gasteiger partial charge in [-0.1, -0.05) is 59.3 Å². The number of allylic oxidation sites excluding steroid dienone is 1. The van der Waals surface area contributed by atoms with Gasteiger partial charge in [0, 0.05) is 17.1 Å². The van der Waals surface area contributed by atoms with Gasteiger partial charge in [0.1, 0.15) is 5.75 Å². The normalized spacial score (nSPS) is 10.6. The number of carbonyl (C=O) groups excluding carboxylic acids is 1. The quantitative estimate of drug-likeness (QED) is 0.411. The average molecular weight is 429 g/mol. The molecule has 1 aromatic heterocycles. The summed E-state index contributed by atoms with van der Waals surface area (Å²) in [5.41, 5.74) is 2.66. The maximum Gasteiger partial charge on any atom is 0.234 e. The first kappa shape index (κ1) is 21.0. The van der Waals surface area contributed by atoms with Gasteiger partial charge in [-0.05, 0) is 25.1 Å². The summed E-state index contributed by atoms with van der Waals surface area (Å²) in [5, 5.41) is 12.6. The van der Waals surface area contributed by atoms with Crippen molar-refractivity contribution in [2.75, 3.05) is 18.2 Å². The first-order valence-electron chi connectivity index (χ1n) is 8.89. The summed E-state index contributed by atoms with van der Waals surface area (Å²) >= 11 is 7.32. The number of anilines is 1. The monoisotopic (exact) mass is 428 g/mol. The van der Waals surface area contributed by atoms with Gasteiger partial charge in [0.05, 0.1) is 18.6 Å². The predicted molar refractivity (Wildman–Crippen MR) is 118 cm³/mol. The highest BCUT2D eigenvalue weighted by molar-refractivity contribution is 7.99. The van der Waals surface area contributed by atoms with Crippen LogP contribution < -0.4 is 10.1 Å². The second kappa shape index (κ2) is 9.62. The van der Waals surface area contributed by atoms with Crippen LogP contribution in [0.1, 0.15) is 5.56 Å². The number of thioether (sulfide) groups is 1. The first-order valence-corrected chi connectivity index (χ1v) is 10.3. The van der Waals surface area contributed by atoms with Crippen molar-refractivity contribution < 1.29 is 9.53 Å². The smallest absolute Gasteiger partial charge is 0.234 e. The lowest BCUT2D eigenvalue weighted by atomic mass is 10.1. The SMILES string of the molecule is C=CCn1c(SCC(=O)Nc2cc(Cl)ccc2OC)nnc1-c1ccc(C)cc1. The molecule has 3 rings (SSSR count). The number of aromatic nitrogens is 3. The number of hydrogen-bond acceptors (Lipinski definition) is 5. The average Bonchev–Trinajstić information content (AvgIpc) is 3.10. The van der Waals surface area contributed by atoms with E-state index in [0.29, 0.717) is 28.2 Å². The standard InChI is InChI=1S/C21H21ClN4O2S/c1-4-11-26-20(15-7-5-14(2)6-8-15)24-25-21(26)29-13-19(27)23-17-12-16(22)9-10-18(17)28-3/h4-10,12H,1,11,13H2,2-3H3,(H,23,27). The van der Waals surface area contributed by atoms with Crippen LogP contribution in [0.15, 0.2) is 60.3 Å². The lowest BCUT2D eigenvalue weighted by Gasteiger charge is -2.11. The molecule has 0 unspecified atom stereocenters. The van der Waals surface area contributed by atoms with Crippen LogP contribution in [0.4, 0.5) is 5.69 Å². The van der Waals surface area contributed by atoms with E-state index in [1.807, 2.05) is 35.8 Å². The molecule has 1 amide bonds. The zero-order valence-corrected chi connectivity index (χ0v) is 17.8. The molecule has 0 radical (unpaired) electrons. The van der Waals surface area contributed by atoms with Crippen molar-refractivity contribution in [3.63, 3.8) is 0 Å². The molecule has 0 aliphatic heterocycles. The molecule has 6 nitrogen and oxygen atoms in total. The molecular formula is C21H21ClN4O2S. The van der Waals surface area contributed by atoms with Crippen LogP contribution in [0.2, 0.25) is 5.02 Å². The van der Waals surface area contributed by atoms with E-state index in [1.54, 1.807) is 24.3 Å². The molecular weight excluding hydrogens is 408 g/mol. The third-order valence-corrected chi connectivity index (χ3v) is 5.31. The van der Waals surface area contributed by atoms with Crippen molar-refractivity contribution in [3.05, 3.63) is 65.7 Å². The molecule has 0 fully saturated rings. The van der Waals surface area contributed by atoms with Crippen LogP contribution in [0, 0.1) is 6.92 Å². The molecule has 0 bridgehead atoms. The van der Waals surface area contributed by atoms with Gasteiger partial charge in [-0.2, -0.15) is 0 Å². The van der Waals surface area contributed by atoms with Crippen LogP contribution in [0.5, 0.6) is 5.75 Å². The van der Waals surface area contributed by atoms with Crippen molar-refractivity contribution in [1.29, 1.82) is 0 Å². The van der Waals surface area contributed by atoms with Crippen LogP contribution >= 0.6 is 23.4 Å². The zero-order chi connectivity index (χ0) is 20.8. The lowest BCUT2D eigenvalue weighted by molar-refractivity contribution is -0.113. The minimum absolute atomic E-state index is 0.166. The molecule has 2 aromatic carbocycles. The molecule has 0 atom stereocenters. The van der Waals surface area contributed by atoms with E-state index in [-0.39, 0.29) is 11.7 Å². The van der Waals surface area contributed by atoms with Crippen molar-refractivity contribution in [1.82, 2.24) is 14.8 Å². The van der Waals surface area contributed by atoms with Crippen molar-refractivity contribution >= 4 is 35.0 Å². The van der Waals surface area contributed by atoms with Gasteiger partial charge >= 0.3 is 0 Å². The zero-order valence-electron chi connectivity index (χ0n) is 16.2. The first-order chi connectivity index (χ1) is 14.0. The predicted octanol–water partition coefficient (Wildman–Crippen LogP) is 4.83. The third-order valence-electron chi connectivity index (χ3n) is 4.11. The maximum absolute atomic E-state index is 12.4. The van der Waals surface area contributed by atoms with E-state index >= 15 is 0 Å². The van der Waals surface area contributed by atoms with E-state index in [2.05, 4.69) is 22.1 Å². The second-order valence-electron chi connectivity index (χ2n) is 6.25. The fourth-order valence-electron chi connectivity index (χ4n) is 2.70. The number of nitrogens with zero attached hydrogens (tertiary/aromatic N) is 3. The summed E-state index contributed by atoms with van der Waals surface area (Å²) in [6, 6.07) is 13.1. The Labute approximate surface area is 178 Å². The molecule has 0 saturated heterocycles. The Bertz CT molecular complexity index is 1020. The van der Waals surface area contributed by atoms with E-state index in [9.17, 15) is 4.79 Å². The number of carbonyl (C=O) groups is 1. The van der Waals surface area contributed by atoms with E-state index in [4.69, 9.17) is 16.3 Å². The highest BCUT2D eigenvalue weighted by Gasteiger charge is 2.16. The Hall–Kier alpha value is -2.77. The maximum atomic E-state index is 12.4. The topological polar surface area (TPSA) is 69.0 Å². The van der Waals surface area contributed by atoms with Gasteiger partial charge < -0.3 is 10.1 Å². The summed E-state index contributed by atoms with van der Waals surface area (Å²) < 4.78 is 7.20. The van der Waals surface area contributed by atoms with Crippen molar-refractivity contribution in [2.24, 2.45) is 0 Å². The number of aryl methyl sites for hydroxylation is 1. The number of nitrogens with one attached hydrogen (secondary N) is 1. The molecule has 8 heteroatoms. The van der Waals surface area contributed by atoms with Crippen LogP contribution in [0.3, 0.4) is 0 Å². The molecule has 3 aromatic rings. The fourth-order valence-corrected chi connectivity index (χ4v) is 3.62. The lowest BCUT2D eigenvalue weighted by Crippen LogP contribution is -2.15. The highest BCUT2D eigenvalue weighted by atomic mass is 35.5. The Morgan fingerprint density at radius 3 is 2.72 bits per heavy atom. The number of amides is 1. The molecule has 0 aliphatic rings. The van der Waals surface area contributed by atoms with Crippen LogP contribution in [-0.2, 0) is 11.3 Å². The Morgan fingerprint density at radius 2 is 2.03 bits per heavy atom. The van der Waals surface area contributed by atoms with E-state index in [0.717, 1.165) is 11.4 Å². The van der Waals surface area contributed by atoms with Gasteiger partial charge in [0.2, 0.25) is 5.91 Å². The summed E-state index contributed by atoms with van der Waals surface area (Å²) in [6.07, 6.45) is 1.78. The highest BCUT2D eigenvalue weighted by Crippen LogP contribution is 2.29. The summed E-state index contributed by atoms with van der Waals surface area (Å²) in [4.78, 5) is 12.4. The number of benzene rings is 2. The summed E-state index contributed by atoms with van der Waals surface area (Å²) in [5.74, 6) is 1.26. The molecule has 29 heavy (non-hydrogen) atoms. The second-order valence-corrected chi connectivity index (χ2v) is 7.63. The molecule has 0 saturated carbocycles. The number of halogens is 1. The van der Waals surface area contributed by atoms with Gasteiger partial charge in [0.15, 0.2) is 11.0 Å². The molecule has 1 heterocycles. The molecule has 0 aliphatic carbocycles. The number of ether oxygens (including phenoxy) is 1. The molecule has 0 spiro atoms. The van der Waals surface area contributed by atoms with Gasteiger partial charge in [-0.25, -0.2) is 0 Å². The van der Waals surface area contributed by atoms with E-state index in [1.165, 1.54) is 24.4 Å². The van der Waals surface area contributed by atoms with Gasteiger partial charge in [0.25, 0.3) is 0 Å². The number of rotatable bonds is 8. The summed E-state index contributed by atoms with van der Waals surface area (Å²) in [6.45, 7) is 6.39. The summed E-state index contributed by atoms with van der Waals surface area (Å²) in [7, 11) is 1.54. The third kappa shape index (κ3) is 5.19. The van der Waals surface area contributed by atoms with Gasteiger partial charge in [-0.15, -0.1) is 16.8 Å². The van der Waals surface area contributed by atoms with Crippen molar-refractivity contribution in [2.45, 2.75) is 18.6 Å². The Kier molecular flexibility index (Phi) is 6.95. The van der Waals surface area contributed by atoms with Crippen LogP contribution in [-0.4, -0.2) is 33.5 Å². The van der Waals surface area contributed by atoms with E-state index < -0.39 is 0 Å². The molecule has 1 N–H and O–H groups in total. The minimum Gasteiger partial charge on any atom is -0.495 e. The Balaban J connectivity index is 1.73. The van der Waals surface area contributed by atoms with Gasteiger partial charge in [-0.3, -0.25) is 9.36 Å². The van der Waals surface area contributed by atoms with Crippen molar-refractivity contribution in [3.8, 4) is 17.1 Å². The largest absolute Gasteiger partial charge is 0.495 e. The fraction of sp³-hybridized carbons (Fsp3) is 0.190. The molecule has 150 valence electrons. The number of hydrogen-bond donors (Lipinski definition) is 1.